The molecule has 0 aromatic heterocycles. The summed E-state index contributed by atoms with van der Waals surface area (Å²) >= 11 is 0. The molecule has 0 aliphatic rings. The number of benzene rings is 1. The first-order valence-corrected chi connectivity index (χ1v) is 6.85. The largest absolute Gasteiger partial charge is 0.497 e. The highest BCUT2D eigenvalue weighted by atomic mass is 16.5. The van der Waals surface area contributed by atoms with Crippen LogP contribution in [0.2, 0.25) is 0 Å². The number of amides is 1. The molecule has 1 N–H and O–H groups in total. The summed E-state index contributed by atoms with van der Waals surface area (Å²) in [6, 6.07) is 6.37. The number of ketones is 1. The van der Waals surface area contributed by atoms with Gasteiger partial charge in [0.1, 0.15) is 5.75 Å². The molecule has 0 spiro atoms. The van der Waals surface area contributed by atoms with Crippen LogP contribution in [-0.2, 0) is 4.79 Å². The van der Waals surface area contributed by atoms with Crippen LogP contribution in [-0.4, -0.2) is 24.8 Å². The second kappa shape index (κ2) is 7.08. The molecule has 0 aliphatic carbocycles. The molecule has 1 amide bonds. The minimum atomic E-state index is -0.454. The summed E-state index contributed by atoms with van der Waals surface area (Å²) in [6.07, 6.45) is 0. The van der Waals surface area contributed by atoms with Crippen molar-refractivity contribution < 1.29 is 14.3 Å². The summed E-state index contributed by atoms with van der Waals surface area (Å²) in [6.45, 7) is 7.55. The number of carbonyl (C=O) groups excluding carboxylic acids is 2. The Kier molecular flexibility index (Phi) is 5.74. The number of methoxy groups -OCH3 is 1. The average molecular weight is 277 g/mol. The number of ether oxygens (including phenoxy) is 1. The predicted molar refractivity (Wildman–Crippen MR) is 78.9 cm³/mol. The van der Waals surface area contributed by atoms with Gasteiger partial charge in [0.25, 0.3) is 5.91 Å². The number of rotatable bonds is 6. The number of hydrogen-bond acceptors (Lipinski definition) is 3. The Morgan fingerprint density at radius 3 is 2.00 bits per heavy atom. The first-order chi connectivity index (χ1) is 9.36. The van der Waals surface area contributed by atoms with E-state index in [9.17, 15) is 9.59 Å². The van der Waals surface area contributed by atoms with Gasteiger partial charge < -0.3 is 10.1 Å². The lowest BCUT2D eigenvalue weighted by Crippen LogP contribution is -2.46. The molecule has 0 saturated carbocycles. The molecule has 0 heterocycles. The molecule has 0 radical (unpaired) electrons. The third kappa shape index (κ3) is 4.08. The van der Waals surface area contributed by atoms with Crippen molar-refractivity contribution >= 4 is 11.7 Å². The highest BCUT2D eigenvalue weighted by Crippen LogP contribution is 2.13. The van der Waals surface area contributed by atoms with Crippen molar-refractivity contribution in [1.82, 2.24) is 5.32 Å². The molecular formula is C16H23NO3. The molecule has 1 rings (SSSR count). The van der Waals surface area contributed by atoms with E-state index in [1.165, 1.54) is 0 Å². The van der Waals surface area contributed by atoms with Gasteiger partial charge in [-0.1, -0.05) is 27.7 Å². The average Bonchev–Trinajstić information content (AvgIpc) is 2.43. The van der Waals surface area contributed by atoms with Crippen molar-refractivity contribution in [3.8, 4) is 5.75 Å². The third-order valence-electron chi connectivity index (χ3n) is 3.18. The zero-order valence-corrected chi connectivity index (χ0v) is 12.8. The zero-order chi connectivity index (χ0) is 15.3. The molecular weight excluding hydrogens is 254 g/mol. The molecule has 0 fully saturated rings. The first-order valence-electron chi connectivity index (χ1n) is 6.85. The zero-order valence-electron chi connectivity index (χ0n) is 12.8. The monoisotopic (exact) mass is 277 g/mol. The maximum absolute atomic E-state index is 12.2. The number of Topliss-reactive ketones (excluding diaryl/α,β-unsaturated/α-hetero) is 1. The standard InChI is InChI=1S/C16H23NO3/c1-10(2)14(15(18)11(3)4)17-16(19)12-6-8-13(20-5)9-7-12/h6-11,14H,1-5H3,(H,17,19)/t14-/m0/s1. The Bertz CT molecular complexity index is 463. The molecule has 110 valence electrons. The van der Waals surface area contributed by atoms with E-state index < -0.39 is 6.04 Å². The fourth-order valence-electron chi connectivity index (χ4n) is 1.89. The number of nitrogens with one attached hydrogen (secondary N) is 1. The fraction of sp³-hybridized carbons (Fsp3) is 0.500. The van der Waals surface area contributed by atoms with E-state index in [0.29, 0.717) is 11.3 Å². The Hall–Kier alpha value is -1.84. The molecule has 20 heavy (non-hydrogen) atoms. The number of hydrogen-bond donors (Lipinski definition) is 1. The quantitative estimate of drug-likeness (QED) is 0.869. The SMILES string of the molecule is COc1ccc(C(=O)N[C@H](C(=O)C(C)C)C(C)C)cc1. The fourth-order valence-corrected chi connectivity index (χ4v) is 1.89. The van der Waals surface area contributed by atoms with Crippen molar-refractivity contribution in [3.63, 3.8) is 0 Å². The van der Waals surface area contributed by atoms with Crippen molar-refractivity contribution in [2.75, 3.05) is 7.11 Å². The summed E-state index contributed by atoms with van der Waals surface area (Å²) < 4.78 is 5.05. The Morgan fingerprint density at radius 1 is 1.05 bits per heavy atom. The highest BCUT2D eigenvalue weighted by molar-refractivity contribution is 5.98. The lowest BCUT2D eigenvalue weighted by atomic mass is 9.93. The molecule has 1 aromatic carbocycles. The second-order valence-electron chi connectivity index (χ2n) is 5.48. The van der Waals surface area contributed by atoms with Gasteiger partial charge in [-0.2, -0.15) is 0 Å². The van der Waals surface area contributed by atoms with E-state index in [2.05, 4.69) is 5.32 Å². The molecule has 0 aliphatic heterocycles. The number of carbonyl (C=O) groups is 2. The summed E-state index contributed by atoms with van der Waals surface area (Å²) in [4.78, 5) is 24.3. The van der Waals surface area contributed by atoms with Crippen LogP contribution in [0.4, 0.5) is 0 Å². The van der Waals surface area contributed by atoms with Crippen molar-refractivity contribution in [3.05, 3.63) is 29.8 Å². The van der Waals surface area contributed by atoms with Gasteiger partial charge in [-0.3, -0.25) is 9.59 Å². The van der Waals surface area contributed by atoms with Crippen molar-refractivity contribution in [2.24, 2.45) is 11.8 Å². The van der Waals surface area contributed by atoms with E-state index in [0.717, 1.165) is 0 Å². The third-order valence-corrected chi connectivity index (χ3v) is 3.18. The van der Waals surface area contributed by atoms with Gasteiger partial charge in [0.05, 0.1) is 13.2 Å². The van der Waals surface area contributed by atoms with E-state index in [1.807, 2.05) is 27.7 Å². The van der Waals surface area contributed by atoms with Crippen molar-refractivity contribution in [2.45, 2.75) is 33.7 Å². The second-order valence-corrected chi connectivity index (χ2v) is 5.48. The summed E-state index contributed by atoms with van der Waals surface area (Å²) in [5.74, 6) is 0.480. The van der Waals surface area contributed by atoms with Crippen LogP contribution < -0.4 is 10.1 Å². The minimum Gasteiger partial charge on any atom is -0.497 e. The van der Waals surface area contributed by atoms with Gasteiger partial charge in [0.15, 0.2) is 5.78 Å². The molecule has 4 heteroatoms. The van der Waals surface area contributed by atoms with Crippen LogP contribution in [0, 0.1) is 11.8 Å². The van der Waals surface area contributed by atoms with Gasteiger partial charge >= 0.3 is 0 Å². The maximum atomic E-state index is 12.2. The van der Waals surface area contributed by atoms with Crippen LogP contribution in [0.3, 0.4) is 0 Å². The molecule has 1 aromatic rings. The van der Waals surface area contributed by atoms with Crippen LogP contribution in [0.15, 0.2) is 24.3 Å². The molecule has 0 bridgehead atoms. The van der Waals surface area contributed by atoms with E-state index in [1.54, 1.807) is 31.4 Å². The Morgan fingerprint density at radius 2 is 1.60 bits per heavy atom. The molecule has 4 nitrogen and oxygen atoms in total. The van der Waals surface area contributed by atoms with Crippen LogP contribution in [0.5, 0.6) is 5.75 Å². The highest BCUT2D eigenvalue weighted by Gasteiger charge is 2.26. The van der Waals surface area contributed by atoms with Crippen LogP contribution in [0.25, 0.3) is 0 Å². The van der Waals surface area contributed by atoms with Crippen LogP contribution >= 0.6 is 0 Å². The van der Waals surface area contributed by atoms with Gasteiger partial charge in [0.2, 0.25) is 0 Å². The topological polar surface area (TPSA) is 55.4 Å². The lowest BCUT2D eigenvalue weighted by Gasteiger charge is -2.23. The first kappa shape index (κ1) is 16.2. The molecule has 0 saturated heterocycles. The smallest absolute Gasteiger partial charge is 0.251 e. The summed E-state index contributed by atoms with van der Waals surface area (Å²) in [7, 11) is 1.57. The Balaban J connectivity index is 2.82. The van der Waals surface area contributed by atoms with E-state index >= 15 is 0 Å². The Labute approximate surface area is 120 Å². The van der Waals surface area contributed by atoms with E-state index in [4.69, 9.17) is 4.74 Å². The maximum Gasteiger partial charge on any atom is 0.251 e. The van der Waals surface area contributed by atoms with Gasteiger partial charge in [0, 0.05) is 11.5 Å². The normalized spacial score (nSPS) is 12.3. The summed E-state index contributed by atoms with van der Waals surface area (Å²) in [5, 5.41) is 2.82. The molecule has 0 unspecified atom stereocenters. The van der Waals surface area contributed by atoms with E-state index in [-0.39, 0.29) is 23.5 Å². The minimum absolute atomic E-state index is 0.0573. The van der Waals surface area contributed by atoms with Crippen LogP contribution in [0.1, 0.15) is 38.1 Å². The van der Waals surface area contributed by atoms with Crippen molar-refractivity contribution in [1.29, 1.82) is 0 Å². The lowest BCUT2D eigenvalue weighted by molar-refractivity contribution is -0.124. The van der Waals surface area contributed by atoms with Gasteiger partial charge in [-0.05, 0) is 30.2 Å². The summed E-state index contributed by atoms with van der Waals surface area (Å²) in [5.41, 5.74) is 0.521. The van der Waals surface area contributed by atoms with Gasteiger partial charge in [-0.15, -0.1) is 0 Å². The van der Waals surface area contributed by atoms with Gasteiger partial charge in [-0.25, -0.2) is 0 Å². The molecule has 1 atom stereocenters. The predicted octanol–water partition coefficient (Wildman–Crippen LogP) is 2.67.